The number of aryl methyl sites for hydroxylation is 2. The molecule has 0 radical (unpaired) electrons. The van der Waals surface area contributed by atoms with Gasteiger partial charge in [-0.25, -0.2) is 14.5 Å². The second-order valence-electron chi connectivity index (χ2n) is 12.3. The molecule has 1 aliphatic heterocycles. The molecule has 14 heteroatoms. The Morgan fingerprint density at radius 1 is 0.915 bits per heavy atom. The molecule has 2 aromatic heterocycles. The summed E-state index contributed by atoms with van der Waals surface area (Å²) >= 11 is 6.23. The summed E-state index contributed by atoms with van der Waals surface area (Å²) in [7, 11) is -3.67. The van der Waals surface area contributed by atoms with Gasteiger partial charge < -0.3 is 15.1 Å². The fourth-order valence-corrected chi connectivity index (χ4v) is 5.01. The summed E-state index contributed by atoms with van der Waals surface area (Å²) in [5.41, 5.74) is 4.52. The highest BCUT2D eigenvalue weighted by Gasteiger charge is 2.25. The molecule has 4 aromatic rings. The van der Waals surface area contributed by atoms with E-state index < -0.39 is 10.1 Å². The van der Waals surface area contributed by atoms with Crippen LogP contribution >= 0.6 is 11.6 Å². The number of amides is 3. The zero-order chi connectivity index (χ0) is 34.5. The number of anilines is 3. The summed E-state index contributed by atoms with van der Waals surface area (Å²) in [6, 6.07) is 20.4. The van der Waals surface area contributed by atoms with E-state index in [-0.39, 0.29) is 17.4 Å². The van der Waals surface area contributed by atoms with Gasteiger partial charge >= 0.3 is 6.03 Å². The Bertz CT molecular complexity index is 1840. The number of nitrogens with one attached hydrogen (secondary N) is 2. The first-order chi connectivity index (χ1) is 22.0. The zero-order valence-electron chi connectivity index (χ0n) is 27.3. The maximum Gasteiger partial charge on any atom is 0.324 e. The molecular formula is C33H40ClN7O5S. The number of aromatic nitrogens is 3. The topological polar surface area (TPSA) is 150 Å². The molecule has 0 aliphatic carbocycles. The van der Waals surface area contributed by atoms with Crippen LogP contribution in [0.25, 0.3) is 5.69 Å². The van der Waals surface area contributed by atoms with Crippen LogP contribution in [0.15, 0.2) is 66.7 Å². The molecular weight excluding hydrogens is 642 g/mol. The van der Waals surface area contributed by atoms with Crippen LogP contribution in [0, 0.1) is 13.8 Å². The lowest BCUT2D eigenvalue weighted by molar-refractivity contribution is 0.0746. The smallest absolute Gasteiger partial charge is 0.324 e. The van der Waals surface area contributed by atoms with Crippen LogP contribution < -0.4 is 15.5 Å². The number of rotatable bonds is 5. The predicted molar refractivity (Wildman–Crippen MR) is 186 cm³/mol. The lowest BCUT2D eigenvalue weighted by atomic mass is 9.92. The summed E-state index contributed by atoms with van der Waals surface area (Å²) in [4.78, 5) is 34.7. The van der Waals surface area contributed by atoms with Crippen LogP contribution in [-0.4, -0.2) is 77.0 Å². The molecule has 3 N–H and O–H groups in total. The highest BCUT2D eigenvalue weighted by atomic mass is 35.5. The minimum absolute atomic E-state index is 0.0618. The van der Waals surface area contributed by atoms with Gasteiger partial charge in [0, 0.05) is 37.7 Å². The molecule has 0 unspecified atom stereocenters. The largest absolute Gasteiger partial charge is 0.353 e. The zero-order valence-corrected chi connectivity index (χ0v) is 28.9. The van der Waals surface area contributed by atoms with Gasteiger partial charge in [0.15, 0.2) is 0 Å². The van der Waals surface area contributed by atoms with Gasteiger partial charge in [-0.05, 0) is 50.2 Å². The monoisotopic (exact) mass is 681 g/mol. The standard InChI is InChI=1S/C32H36ClN7O2.CH4O3S/c1-21-10-12-23(13-11-21)40-29(20-27(37-40)32(3,4)5)36-31(42)35-26-14-15-28(34-22(26)2)38-16-18-39(19-17-38)30(41)24-8-6-7-9-25(24)33;1-5(2,3)4/h6-15,20H,16-19H2,1-5H3,(H2,35,36,42);1H3,(H,2,3,4). The van der Waals surface area contributed by atoms with Gasteiger partial charge in [-0.2, -0.15) is 13.5 Å². The van der Waals surface area contributed by atoms with E-state index in [0.717, 1.165) is 22.8 Å². The van der Waals surface area contributed by atoms with E-state index in [1.54, 1.807) is 16.8 Å². The first-order valence-corrected chi connectivity index (χ1v) is 17.2. The van der Waals surface area contributed by atoms with Crippen molar-refractivity contribution >= 4 is 51.0 Å². The maximum absolute atomic E-state index is 13.1. The Kier molecular flexibility index (Phi) is 10.9. The van der Waals surface area contributed by atoms with Crippen LogP contribution in [0.5, 0.6) is 0 Å². The number of urea groups is 1. The van der Waals surface area contributed by atoms with E-state index in [4.69, 9.17) is 26.2 Å². The molecule has 1 saturated heterocycles. The number of nitrogens with zero attached hydrogens (tertiary/aromatic N) is 5. The van der Waals surface area contributed by atoms with Crippen molar-refractivity contribution in [2.24, 2.45) is 0 Å². The van der Waals surface area contributed by atoms with Crippen LogP contribution in [0.1, 0.15) is 48.1 Å². The van der Waals surface area contributed by atoms with Crippen molar-refractivity contribution in [2.75, 3.05) is 48.0 Å². The second-order valence-corrected chi connectivity index (χ2v) is 14.2. The van der Waals surface area contributed by atoms with Gasteiger partial charge in [0.2, 0.25) is 0 Å². The first-order valence-electron chi connectivity index (χ1n) is 14.9. The molecule has 1 aliphatic rings. The van der Waals surface area contributed by atoms with Crippen LogP contribution in [-0.2, 0) is 15.5 Å². The fourth-order valence-electron chi connectivity index (χ4n) is 4.79. The molecule has 250 valence electrons. The lowest BCUT2D eigenvalue weighted by Gasteiger charge is -2.35. The van der Waals surface area contributed by atoms with Crippen molar-refractivity contribution in [3.8, 4) is 5.69 Å². The van der Waals surface area contributed by atoms with Gasteiger partial charge in [-0.3, -0.25) is 14.7 Å². The third-order valence-electron chi connectivity index (χ3n) is 7.31. The van der Waals surface area contributed by atoms with Crippen LogP contribution in [0.3, 0.4) is 0 Å². The number of halogens is 1. The third-order valence-corrected chi connectivity index (χ3v) is 7.64. The minimum atomic E-state index is -3.67. The Morgan fingerprint density at radius 3 is 2.11 bits per heavy atom. The molecule has 12 nitrogen and oxygen atoms in total. The molecule has 0 saturated carbocycles. The minimum Gasteiger partial charge on any atom is -0.353 e. The van der Waals surface area contributed by atoms with Crippen molar-refractivity contribution < 1.29 is 22.6 Å². The molecule has 0 bridgehead atoms. The Hall–Kier alpha value is -4.46. The molecule has 3 heterocycles. The number of piperazine rings is 1. The van der Waals surface area contributed by atoms with E-state index in [2.05, 4.69) is 36.3 Å². The average Bonchev–Trinajstić information content (AvgIpc) is 3.42. The van der Waals surface area contributed by atoms with Crippen molar-refractivity contribution in [2.45, 2.75) is 40.0 Å². The maximum atomic E-state index is 13.1. The quantitative estimate of drug-likeness (QED) is 0.219. The van der Waals surface area contributed by atoms with E-state index in [0.29, 0.717) is 60.2 Å². The number of carbonyl (C=O) groups excluding carboxylic acids is 2. The van der Waals surface area contributed by atoms with Crippen molar-refractivity contribution in [1.82, 2.24) is 19.7 Å². The van der Waals surface area contributed by atoms with Gasteiger partial charge in [-0.1, -0.05) is 62.2 Å². The Labute approximate surface area is 280 Å². The molecule has 47 heavy (non-hydrogen) atoms. The number of benzene rings is 2. The van der Waals surface area contributed by atoms with E-state index in [9.17, 15) is 18.0 Å². The number of carbonyl (C=O) groups is 2. The van der Waals surface area contributed by atoms with E-state index in [1.807, 2.05) is 73.3 Å². The highest BCUT2D eigenvalue weighted by Crippen LogP contribution is 2.27. The molecule has 0 atom stereocenters. The normalized spacial score (nSPS) is 13.4. The molecule has 0 spiro atoms. The van der Waals surface area contributed by atoms with Crippen molar-refractivity contribution in [1.29, 1.82) is 0 Å². The van der Waals surface area contributed by atoms with Gasteiger partial charge in [0.25, 0.3) is 16.0 Å². The third kappa shape index (κ3) is 9.77. The van der Waals surface area contributed by atoms with Gasteiger partial charge in [0.05, 0.1) is 39.6 Å². The average molecular weight is 682 g/mol. The van der Waals surface area contributed by atoms with Crippen LogP contribution in [0.4, 0.5) is 22.1 Å². The van der Waals surface area contributed by atoms with Gasteiger partial charge in [0.1, 0.15) is 11.6 Å². The molecule has 1 fully saturated rings. The summed E-state index contributed by atoms with van der Waals surface area (Å²) in [6.45, 7) is 12.6. The molecule has 2 aromatic carbocycles. The molecule has 3 amide bonds. The van der Waals surface area contributed by atoms with E-state index in [1.165, 1.54) is 0 Å². The molecule has 5 rings (SSSR count). The first kappa shape index (κ1) is 35.4. The predicted octanol–water partition coefficient (Wildman–Crippen LogP) is 5.95. The van der Waals surface area contributed by atoms with Gasteiger partial charge in [-0.15, -0.1) is 0 Å². The SMILES string of the molecule is CS(=O)(=O)O.Cc1ccc(-n2nc(C(C)(C)C)cc2NC(=O)Nc2ccc(N3CCN(C(=O)c4ccccc4Cl)CC3)nc2C)cc1. The Balaban J connectivity index is 0.000000930. The number of hydrogen-bond acceptors (Lipinski definition) is 7. The summed E-state index contributed by atoms with van der Waals surface area (Å²) in [6.07, 6.45) is 0.715. The fraction of sp³-hybridized carbons (Fsp3) is 0.333. The number of pyridine rings is 1. The second kappa shape index (κ2) is 14.5. The van der Waals surface area contributed by atoms with Crippen LogP contribution in [0.2, 0.25) is 5.02 Å². The summed E-state index contributed by atoms with van der Waals surface area (Å²) in [5.74, 6) is 1.32. The Morgan fingerprint density at radius 2 is 1.53 bits per heavy atom. The lowest BCUT2D eigenvalue weighted by Crippen LogP contribution is -2.49. The van der Waals surface area contributed by atoms with Crippen molar-refractivity contribution in [3.05, 3.63) is 94.3 Å². The highest BCUT2D eigenvalue weighted by molar-refractivity contribution is 7.85. The number of hydrogen-bond donors (Lipinski definition) is 3. The summed E-state index contributed by atoms with van der Waals surface area (Å²) in [5, 5.41) is 11.1. The summed E-state index contributed by atoms with van der Waals surface area (Å²) < 4.78 is 27.6. The van der Waals surface area contributed by atoms with Crippen molar-refractivity contribution in [3.63, 3.8) is 0 Å². The van der Waals surface area contributed by atoms with E-state index >= 15 is 0 Å².